The molecule has 0 spiro atoms. The maximum absolute atomic E-state index is 10.9. The minimum absolute atomic E-state index is 0.316. The van der Waals surface area contributed by atoms with Crippen LogP contribution in [-0.2, 0) is 6.42 Å². The molecular weight excluding hydrogens is 262 g/mol. The number of aryl methyl sites for hydroxylation is 3. The molecule has 0 aliphatic carbocycles. The third-order valence-electron chi connectivity index (χ3n) is 3.31. The van der Waals surface area contributed by atoms with Gasteiger partial charge in [0, 0.05) is 17.5 Å². The van der Waals surface area contributed by atoms with Crippen LogP contribution in [0.4, 0.5) is 0 Å². The Morgan fingerprint density at radius 3 is 2.29 bits per heavy atom. The fourth-order valence-corrected chi connectivity index (χ4v) is 2.24. The van der Waals surface area contributed by atoms with Gasteiger partial charge >= 0.3 is 5.97 Å². The van der Waals surface area contributed by atoms with Crippen molar-refractivity contribution in [3.63, 3.8) is 0 Å². The highest BCUT2D eigenvalue weighted by Crippen LogP contribution is 2.25. The summed E-state index contributed by atoms with van der Waals surface area (Å²) in [7, 11) is 0. The second kappa shape index (κ2) is 7.58. The highest BCUT2D eigenvalue weighted by Gasteiger charge is 2.08. The average Bonchev–Trinajstić information content (AvgIpc) is 2.49. The Kier molecular flexibility index (Phi) is 6.10. The maximum atomic E-state index is 10.9. The van der Waals surface area contributed by atoms with Crippen LogP contribution in [0.15, 0.2) is 30.5 Å². The zero-order valence-corrected chi connectivity index (χ0v) is 13.4. The Bertz CT molecular complexity index is 633. The van der Waals surface area contributed by atoms with Gasteiger partial charge < -0.3 is 5.11 Å². The topological polar surface area (TPSA) is 50.2 Å². The molecule has 0 saturated carbocycles. The summed E-state index contributed by atoms with van der Waals surface area (Å²) < 4.78 is 0. The Labute approximate surface area is 126 Å². The molecule has 0 saturated heterocycles. The van der Waals surface area contributed by atoms with Crippen LogP contribution in [0.5, 0.6) is 0 Å². The summed E-state index contributed by atoms with van der Waals surface area (Å²) in [5.41, 5.74) is 5.60. The molecule has 0 amide bonds. The monoisotopic (exact) mass is 285 g/mol. The van der Waals surface area contributed by atoms with E-state index < -0.39 is 5.97 Å². The summed E-state index contributed by atoms with van der Waals surface area (Å²) >= 11 is 0. The van der Waals surface area contributed by atoms with E-state index in [1.54, 1.807) is 12.1 Å². The van der Waals surface area contributed by atoms with Crippen LogP contribution in [0, 0.1) is 13.8 Å². The van der Waals surface area contributed by atoms with E-state index in [9.17, 15) is 4.79 Å². The number of aromatic nitrogens is 1. The molecular formula is C18H23NO2. The molecule has 3 nitrogen and oxygen atoms in total. The molecule has 0 aliphatic heterocycles. The molecule has 112 valence electrons. The van der Waals surface area contributed by atoms with E-state index in [0.717, 1.165) is 28.8 Å². The second-order valence-electron chi connectivity index (χ2n) is 4.68. The van der Waals surface area contributed by atoms with E-state index >= 15 is 0 Å². The number of carbonyl (C=O) groups is 1. The zero-order valence-electron chi connectivity index (χ0n) is 13.4. The van der Waals surface area contributed by atoms with Gasteiger partial charge in [-0.15, -0.1) is 0 Å². The highest BCUT2D eigenvalue weighted by molar-refractivity contribution is 5.89. The van der Waals surface area contributed by atoms with E-state index in [-0.39, 0.29) is 0 Å². The molecule has 1 aromatic carbocycles. The normalized spacial score (nSPS) is 9.76. The standard InChI is InChI=1S/C16H17NO2.C2H6/c1-4-15-11(3)8-13(9-17-15)14-6-5-12(16(18)19)7-10(14)2;1-2/h5-9H,4H2,1-3H3,(H,18,19);1-2H3. The summed E-state index contributed by atoms with van der Waals surface area (Å²) in [5, 5.41) is 8.97. The number of hydrogen-bond donors (Lipinski definition) is 1. The summed E-state index contributed by atoms with van der Waals surface area (Å²) in [5.74, 6) is -0.898. The predicted molar refractivity (Wildman–Crippen MR) is 86.8 cm³/mol. The van der Waals surface area contributed by atoms with Crippen molar-refractivity contribution < 1.29 is 9.90 Å². The fourth-order valence-electron chi connectivity index (χ4n) is 2.24. The van der Waals surface area contributed by atoms with Gasteiger partial charge in [-0.05, 0) is 55.2 Å². The summed E-state index contributed by atoms with van der Waals surface area (Å²) in [4.78, 5) is 15.4. The average molecular weight is 285 g/mol. The van der Waals surface area contributed by atoms with Gasteiger partial charge in [0.05, 0.1) is 5.56 Å². The minimum atomic E-state index is -0.898. The van der Waals surface area contributed by atoms with Crippen LogP contribution in [-0.4, -0.2) is 16.1 Å². The van der Waals surface area contributed by atoms with Crippen molar-refractivity contribution in [2.75, 3.05) is 0 Å². The van der Waals surface area contributed by atoms with E-state index in [2.05, 4.69) is 24.9 Å². The van der Waals surface area contributed by atoms with Crippen molar-refractivity contribution in [3.8, 4) is 11.1 Å². The Morgan fingerprint density at radius 1 is 1.14 bits per heavy atom. The Morgan fingerprint density at radius 2 is 1.81 bits per heavy atom. The van der Waals surface area contributed by atoms with Crippen molar-refractivity contribution in [2.24, 2.45) is 0 Å². The molecule has 0 fully saturated rings. The molecule has 0 atom stereocenters. The van der Waals surface area contributed by atoms with E-state index in [4.69, 9.17) is 5.11 Å². The zero-order chi connectivity index (χ0) is 16.0. The van der Waals surface area contributed by atoms with Gasteiger partial charge in [0.1, 0.15) is 0 Å². The number of carboxylic acids is 1. The van der Waals surface area contributed by atoms with Gasteiger partial charge in [0.25, 0.3) is 0 Å². The van der Waals surface area contributed by atoms with Crippen molar-refractivity contribution in [3.05, 3.63) is 52.8 Å². The quantitative estimate of drug-likeness (QED) is 0.892. The van der Waals surface area contributed by atoms with Crippen LogP contribution >= 0.6 is 0 Å². The fraction of sp³-hybridized carbons (Fsp3) is 0.333. The lowest BCUT2D eigenvalue weighted by atomic mass is 9.98. The first-order chi connectivity index (χ1) is 10.0. The van der Waals surface area contributed by atoms with Gasteiger partial charge in [-0.25, -0.2) is 4.79 Å². The molecule has 1 N–H and O–H groups in total. The molecule has 21 heavy (non-hydrogen) atoms. The molecule has 3 heteroatoms. The smallest absolute Gasteiger partial charge is 0.335 e. The van der Waals surface area contributed by atoms with Gasteiger partial charge in [-0.1, -0.05) is 26.8 Å². The van der Waals surface area contributed by atoms with Crippen molar-refractivity contribution >= 4 is 5.97 Å². The number of rotatable bonds is 3. The first-order valence-electron chi connectivity index (χ1n) is 7.32. The number of hydrogen-bond acceptors (Lipinski definition) is 2. The van der Waals surface area contributed by atoms with Crippen LogP contribution in [0.1, 0.15) is 48.0 Å². The summed E-state index contributed by atoms with van der Waals surface area (Å²) in [6.45, 7) is 10.1. The van der Waals surface area contributed by atoms with Crippen LogP contribution in [0.25, 0.3) is 11.1 Å². The molecule has 0 aliphatic rings. The summed E-state index contributed by atoms with van der Waals surface area (Å²) in [6.07, 6.45) is 2.78. The molecule has 1 aromatic heterocycles. The number of pyridine rings is 1. The molecule has 0 radical (unpaired) electrons. The molecule has 2 aromatic rings. The first-order valence-corrected chi connectivity index (χ1v) is 7.32. The van der Waals surface area contributed by atoms with Gasteiger partial charge in [-0.2, -0.15) is 0 Å². The third kappa shape index (κ3) is 3.91. The third-order valence-corrected chi connectivity index (χ3v) is 3.31. The highest BCUT2D eigenvalue weighted by atomic mass is 16.4. The van der Waals surface area contributed by atoms with Crippen LogP contribution in [0.3, 0.4) is 0 Å². The largest absolute Gasteiger partial charge is 0.478 e. The van der Waals surface area contributed by atoms with E-state index in [1.165, 1.54) is 5.56 Å². The van der Waals surface area contributed by atoms with Crippen molar-refractivity contribution in [1.82, 2.24) is 4.98 Å². The van der Waals surface area contributed by atoms with E-state index in [0.29, 0.717) is 5.56 Å². The summed E-state index contributed by atoms with van der Waals surface area (Å²) in [6, 6.07) is 7.28. The number of aromatic carboxylic acids is 1. The van der Waals surface area contributed by atoms with Crippen molar-refractivity contribution in [1.29, 1.82) is 0 Å². The predicted octanol–water partition coefficient (Wildman–Crippen LogP) is 4.65. The van der Waals surface area contributed by atoms with Crippen LogP contribution < -0.4 is 0 Å². The van der Waals surface area contributed by atoms with Crippen LogP contribution in [0.2, 0.25) is 0 Å². The maximum Gasteiger partial charge on any atom is 0.335 e. The van der Waals surface area contributed by atoms with Gasteiger partial charge in [-0.3, -0.25) is 4.98 Å². The van der Waals surface area contributed by atoms with Gasteiger partial charge in [0.15, 0.2) is 0 Å². The molecule has 0 unspecified atom stereocenters. The van der Waals surface area contributed by atoms with Gasteiger partial charge in [0.2, 0.25) is 0 Å². The van der Waals surface area contributed by atoms with E-state index in [1.807, 2.05) is 33.0 Å². The Hall–Kier alpha value is -2.16. The second-order valence-corrected chi connectivity index (χ2v) is 4.68. The molecule has 2 rings (SSSR count). The SMILES string of the molecule is CC.CCc1ncc(-c2ccc(C(=O)O)cc2C)cc1C. The lowest BCUT2D eigenvalue weighted by Crippen LogP contribution is -1.98. The lowest BCUT2D eigenvalue weighted by molar-refractivity contribution is 0.0697. The lowest BCUT2D eigenvalue weighted by Gasteiger charge is -2.09. The number of benzene rings is 1. The number of carboxylic acid groups (broad SMARTS) is 1. The minimum Gasteiger partial charge on any atom is -0.478 e. The Balaban J connectivity index is 0.00000106. The number of nitrogens with zero attached hydrogens (tertiary/aromatic N) is 1. The molecule has 0 bridgehead atoms. The van der Waals surface area contributed by atoms with Crippen molar-refractivity contribution in [2.45, 2.75) is 41.0 Å². The molecule has 1 heterocycles. The first kappa shape index (κ1) is 16.9.